The van der Waals surface area contributed by atoms with Gasteiger partial charge in [-0.1, -0.05) is 29.3 Å². The predicted molar refractivity (Wildman–Crippen MR) is 176 cm³/mol. The first-order chi connectivity index (χ1) is 25.6. The molecule has 3 aromatic rings. The molecular formula is C34H21Cl3F8N4O6. The summed E-state index contributed by atoms with van der Waals surface area (Å²) in [5, 5.41) is 11.2. The van der Waals surface area contributed by atoms with Gasteiger partial charge in [0, 0.05) is 13.0 Å². The Hall–Kier alpha value is -4.68. The van der Waals surface area contributed by atoms with Crippen LogP contribution < -0.4 is 14.6 Å². The van der Waals surface area contributed by atoms with Gasteiger partial charge < -0.3 is 9.84 Å². The average molecular weight is 840 g/mol. The molecule has 4 aliphatic rings. The number of fused-ring (bicyclic) bond motifs is 4. The smallest absolute Gasteiger partial charge is 0.433 e. The number of pyridine rings is 1. The van der Waals surface area contributed by atoms with Gasteiger partial charge in [-0.05, 0) is 48.6 Å². The van der Waals surface area contributed by atoms with Crippen LogP contribution in [0.5, 0.6) is 11.5 Å². The molecule has 55 heavy (non-hydrogen) atoms. The molecule has 21 heteroatoms. The minimum Gasteiger partial charge on any atom is -0.504 e. The lowest BCUT2D eigenvalue weighted by atomic mass is 9.56. The zero-order valence-corrected chi connectivity index (χ0v) is 29.9. The first-order valence-corrected chi connectivity index (χ1v) is 17.0. The Kier molecular flexibility index (Phi) is 8.89. The highest BCUT2D eigenvalue weighted by Gasteiger charge is 2.77. The first kappa shape index (κ1) is 38.6. The number of aromatic nitrogens is 1. The number of imide groups is 2. The molecule has 290 valence electrons. The number of phenols is 1. The Morgan fingerprint density at radius 1 is 0.909 bits per heavy atom. The van der Waals surface area contributed by atoms with E-state index in [2.05, 4.69) is 4.98 Å². The molecule has 0 radical (unpaired) electrons. The molecule has 6 atom stereocenters. The number of allylic oxidation sites excluding steroid dienone is 2. The third-order valence-electron chi connectivity index (χ3n) is 10.5. The van der Waals surface area contributed by atoms with Gasteiger partial charge >= 0.3 is 6.18 Å². The van der Waals surface area contributed by atoms with Gasteiger partial charge in [0.2, 0.25) is 5.82 Å². The van der Waals surface area contributed by atoms with Gasteiger partial charge in [0.25, 0.3) is 23.6 Å². The zero-order valence-electron chi connectivity index (χ0n) is 27.6. The van der Waals surface area contributed by atoms with E-state index in [9.17, 15) is 50.6 Å². The Bertz CT molecular complexity index is 2270. The minimum atomic E-state index is -4.95. The van der Waals surface area contributed by atoms with Crippen molar-refractivity contribution in [2.75, 3.05) is 24.1 Å². The largest absolute Gasteiger partial charge is 0.504 e. The van der Waals surface area contributed by atoms with Crippen LogP contribution >= 0.6 is 34.8 Å². The Balaban J connectivity index is 1.39. The third kappa shape index (κ3) is 5.16. The van der Waals surface area contributed by atoms with Crippen LogP contribution in [0.15, 0.2) is 42.0 Å². The second kappa shape index (κ2) is 12.7. The molecule has 2 saturated heterocycles. The van der Waals surface area contributed by atoms with Crippen molar-refractivity contribution in [3.63, 3.8) is 0 Å². The monoisotopic (exact) mass is 838 g/mol. The number of aromatic hydroxyl groups is 1. The summed E-state index contributed by atoms with van der Waals surface area (Å²) >= 11 is 20.3. The highest BCUT2D eigenvalue weighted by atomic mass is 35.5. The van der Waals surface area contributed by atoms with E-state index < -0.39 is 122 Å². The molecular weight excluding hydrogens is 819 g/mol. The van der Waals surface area contributed by atoms with Crippen molar-refractivity contribution in [3.8, 4) is 11.5 Å². The van der Waals surface area contributed by atoms with E-state index in [4.69, 9.17) is 39.5 Å². The van der Waals surface area contributed by atoms with Crippen molar-refractivity contribution < 1.29 is 64.1 Å². The molecule has 3 fully saturated rings. The number of ether oxygens (including phenoxy) is 1. The van der Waals surface area contributed by atoms with Crippen LogP contribution in [0.3, 0.4) is 0 Å². The van der Waals surface area contributed by atoms with E-state index in [1.54, 1.807) is 0 Å². The van der Waals surface area contributed by atoms with Gasteiger partial charge in [-0.25, -0.2) is 31.8 Å². The van der Waals surface area contributed by atoms with Crippen LogP contribution in [0.2, 0.25) is 5.02 Å². The fourth-order valence-corrected chi connectivity index (χ4v) is 9.17. The number of nitrogens with zero attached hydrogens (tertiary/aromatic N) is 4. The molecule has 1 aromatic heterocycles. The topological polar surface area (TPSA) is 120 Å². The number of amides is 4. The SMILES string of the molecule is COc1cc(C2C3=CCC4C(=O)N(N(C)c5nc(C(F)(F)F)ccc5Cl)C(=O)C4C3CC3(Cl)C(=O)N(c4c(F)c(F)c(F)c(F)c4F)C(=O)C23Cl)ccc1O. The maximum absolute atomic E-state index is 15.3. The molecule has 3 heterocycles. The molecule has 4 amide bonds. The van der Waals surface area contributed by atoms with Crippen LogP contribution in [0.1, 0.15) is 30.0 Å². The molecule has 2 aromatic carbocycles. The van der Waals surface area contributed by atoms with Gasteiger partial charge in [-0.3, -0.25) is 24.2 Å². The molecule has 2 aliphatic carbocycles. The van der Waals surface area contributed by atoms with Gasteiger partial charge in [-0.2, -0.15) is 18.2 Å². The van der Waals surface area contributed by atoms with Crippen molar-refractivity contribution in [1.29, 1.82) is 0 Å². The van der Waals surface area contributed by atoms with Gasteiger partial charge in [-0.15, -0.1) is 23.2 Å². The maximum atomic E-state index is 15.3. The van der Waals surface area contributed by atoms with Crippen LogP contribution in [0.4, 0.5) is 46.6 Å². The summed E-state index contributed by atoms with van der Waals surface area (Å²) in [7, 11) is 2.21. The van der Waals surface area contributed by atoms with E-state index in [-0.39, 0.29) is 33.2 Å². The van der Waals surface area contributed by atoms with Crippen LogP contribution in [0, 0.1) is 46.8 Å². The number of hydrogen-bond acceptors (Lipinski definition) is 8. The normalized spacial score (nSPS) is 27.6. The second-order valence-corrected chi connectivity index (χ2v) is 14.8. The van der Waals surface area contributed by atoms with Crippen molar-refractivity contribution in [2.24, 2.45) is 17.8 Å². The van der Waals surface area contributed by atoms with Crippen LogP contribution in [-0.4, -0.2) is 62.6 Å². The standard InChI is InChI=1S/C34H21Cl3F8N4O6/c1-47(27-15(35)6-8-18(46-27)34(43,44)45)49-28(51)13-5-4-12-14(19(13)29(49)52)10-32(36)30(53)48(26-24(41)22(39)21(38)23(40)25(26)42)31(54)33(32,37)20(12)11-3-7-16(50)17(9-11)55-2/h3-4,6-9,13-14,19-20,50H,5,10H2,1-2H3. The summed E-state index contributed by atoms with van der Waals surface area (Å²) in [6.07, 6.45) is -4.66. The van der Waals surface area contributed by atoms with E-state index in [1.807, 2.05) is 0 Å². The van der Waals surface area contributed by atoms with E-state index in [0.717, 1.165) is 26.3 Å². The number of carbonyl (C=O) groups is 4. The molecule has 0 spiro atoms. The van der Waals surface area contributed by atoms with Gasteiger partial charge in [0.05, 0.1) is 24.0 Å². The van der Waals surface area contributed by atoms with Crippen molar-refractivity contribution in [1.82, 2.24) is 9.99 Å². The summed E-state index contributed by atoms with van der Waals surface area (Å²) in [4.78, 5) is 54.4. The quantitative estimate of drug-likeness (QED) is 0.0747. The fourth-order valence-electron chi connectivity index (χ4n) is 8.00. The number of rotatable bonds is 5. The lowest BCUT2D eigenvalue weighted by molar-refractivity contribution is -0.141. The van der Waals surface area contributed by atoms with Crippen molar-refractivity contribution in [3.05, 3.63) is 87.3 Å². The number of benzene rings is 2. The van der Waals surface area contributed by atoms with Gasteiger partial charge in [0.1, 0.15) is 11.4 Å². The lowest BCUT2D eigenvalue weighted by Crippen LogP contribution is -2.60. The maximum Gasteiger partial charge on any atom is 0.433 e. The molecule has 7 rings (SSSR count). The lowest BCUT2D eigenvalue weighted by Gasteiger charge is -2.50. The van der Waals surface area contributed by atoms with Crippen molar-refractivity contribution >= 4 is 69.9 Å². The number of phenolic OH excluding ortho intramolecular Hbond substituents is 1. The summed E-state index contributed by atoms with van der Waals surface area (Å²) < 4.78 is 119. The molecule has 10 nitrogen and oxygen atoms in total. The molecule has 1 N–H and O–H groups in total. The summed E-state index contributed by atoms with van der Waals surface area (Å²) in [5.74, 6) is -25.2. The average Bonchev–Trinajstić information content (AvgIpc) is 3.47. The highest BCUT2D eigenvalue weighted by molar-refractivity contribution is 6.58. The number of hydrazine groups is 1. The number of methoxy groups -OCH3 is 1. The predicted octanol–water partition coefficient (Wildman–Crippen LogP) is 6.78. The van der Waals surface area contributed by atoms with Crippen LogP contribution in [0.25, 0.3) is 0 Å². The summed E-state index contributed by atoms with van der Waals surface area (Å²) in [5.41, 5.74) is -3.34. The number of anilines is 2. The minimum absolute atomic E-state index is 0.0461. The molecule has 6 unspecified atom stereocenters. The first-order valence-electron chi connectivity index (χ1n) is 15.8. The fraction of sp³-hybridized carbons (Fsp3) is 0.324. The van der Waals surface area contributed by atoms with E-state index in [0.29, 0.717) is 16.1 Å². The Morgan fingerprint density at radius 3 is 2.13 bits per heavy atom. The van der Waals surface area contributed by atoms with Gasteiger partial charge in [0.15, 0.2) is 50.3 Å². The van der Waals surface area contributed by atoms with E-state index >= 15 is 8.78 Å². The molecule has 0 bridgehead atoms. The third-order valence-corrected chi connectivity index (χ3v) is 12.2. The second-order valence-electron chi connectivity index (χ2n) is 13.1. The Labute approximate surface area is 318 Å². The summed E-state index contributed by atoms with van der Waals surface area (Å²) in [6, 6.07) is 4.91. The van der Waals surface area contributed by atoms with Crippen LogP contribution in [-0.2, 0) is 25.4 Å². The summed E-state index contributed by atoms with van der Waals surface area (Å²) in [6.45, 7) is 0. The highest BCUT2D eigenvalue weighted by Crippen LogP contribution is 2.66. The number of alkyl halides is 5. The molecule has 2 aliphatic heterocycles. The number of halogens is 11. The molecule has 1 saturated carbocycles. The number of carbonyl (C=O) groups excluding carboxylic acids is 4. The number of hydrogen-bond donors (Lipinski definition) is 1. The zero-order chi connectivity index (χ0) is 40.4. The Morgan fingerprint density at radius 2 is 1.53 bits per heavy atom. The van der Waals surface area contributed by atoms with E-state index in [1.165, 1.54) is 18.2 Å². The van der Waals surface area contributed by atoms with Crippen molar-refractivity contribution in [2.45, 2.75) is 34.7 Å².